The number of rotatable bonds is 4. The molecule has 0 aliphatic carbocycles. The van der Waals surface area contributed by atoms with Crippen LogP contribution in [0.15, 0.2) is 4.52 Å². The van der Waals surface area contributed by atoms with Crippen LogP contribution in [0.4, 0.5) is 0 Å². The summed E-state index contributed by atoms with van der Waals surface area (Å²) in [5, 5.41) is 3.95. The van der Waals surface area contributed by atoms with Crippen LogP contribution in [0.3, 0.4) is 0 Å². The number of hydrogen-bond acceptors (Lipinski definition) is 5. The van der Waals surface area contributed by atoms with E-state index in [4.69, 9.17) is 15.0 Å². The summed E-state index contributed by atoms with van der Waals surface area (Å²) in [7, 11) is 0. The number of ether oxygens (including phenoxy) is 1. The van der Waals surface area contributed by atoms with Crippen molar-refractivity contribution in [3.05, 3.63) is 11.7 Å². The topological polar surface area (TPSA) is 74.2 Å². The Labute approximate surface area is 95.3 Å². The molecule has 0 bridgehead atoms. The fourth-order valence-corrected chi connectivity index (χ4v) is 1.73. The van der Waals surface area contributed by atoms with E-state index in [0.717, 1.165) is 32.3 Å². The molecule has 0 saturated carbocycles. The summed E-state index contributed by atoms with van der Waals surface area (Å²) in [4.78, 5) is 4.33. The molecule has 2 N–H and O–H groups in total. The van der Waals surface area contributed by atoms with Crippen molar-refractivity contribution in [2.45, 2.75) is 51.2 Å². The molecular weight excluding hydrogens is 206 g/mol. The summed E-state index contributed by atoms with van der Waals surface area (Å²) in [6.07, 6.45) is 3.95. The van der Waals surface area contributed by atoms with Crippen LogP contribution in [-0.4, -0.2) is 22.9 Å². The molecular formula is C11H19N3O2. The fourth-order valence-electron chi connectivity index (χ4n) is 1.73. The fraction of sp³-hybridized carbons (Fsp3) is 0.818. The number of nitrogens with zero attached hydrogens (tertiary/aromatic N) is 2. The van der Waals surface area contributed by atoms with Gasteiger partial charge in [-0.3, -0.25) is 0 Å². The maximum absolute atomic E-state index is 6.03. The van der Waals surface area contributed by atoms with Gasteiger partial charge in [-0.2, -0.15) is 4.98 Å². The van der Waals surface area contributed by atoms with Crippen molar-refractivity contribution in [2.24, 2.45) is 5.73 Å². The first kappa shape index (κ1) is 11.5. The van der Waals surface area contributed by atoms with Crippen molar-refractivity contribution in [2.75, 3.05) is 6.61 Å². The first-order valence-electron chi connectivity index (χ1n) is 5.85. The first-order chi connectivity index (χ1) is 7.62. The summed E-state index contributed by atoms with van der Waals surface area (Å²) in [6, 6.07) is 0. The molecule has 1 aromatic rings. The minimum atomic E-state index is -0.526. The molecule has 2 heterocycles. The predicted molar refractivity (Wildman–Crippen MR) is 58.8 cm³/mol. The molecule has 1 aliphatic heterocycles. The van der Waals surface area contributed by atoms with Crippen molar-refractivity contribution in [3.63, 3.8) is 0 Å². The molecule has 0 aromatic carbocycles. The van der Waals surface area contributed by atoms with Gasteiger partial charge >= 0.3 is 0 Å². The monoisotopic (exact) mass is 225 g/mol. The predicted octanol–water partition coefficient (Wildman–Crippen LogP) is 1.37. The van der Waals surface area contributed by atoms with E-state index in [-0.39, 0.29) is 6.10 Å². The van der Waals surface area contributed by atoms with E-state index < -0.39 is 5.54 Å². The summed E-state index contributed by atoms with van der Waals surface area (Å²) < 4.78 is 10.7. The van der Waals surface area contributed by atoms with Crippen molar-refractivity contribution in [3.8, 4) is 0 Å². The van der Waals surface area contributed by atoms with Crippen molar-refractivity contribution >= 4 is 0 Å². The van der Waals surface area contributed by atoms with Gasteiger partial charge in [-0.05, 0) is 26.2 Å². The van der Waals surface area contributed by atoms with Gasteiger partial charge in [-0.1, -0.05) is 12.1 Å². The normalized spacial score (nSPS) is 24.6. The van der Waals surface area contributed by atoms with E-state index in [1.165, 1.54) is 0 Å². The zero-order valence-corrected chi connectivity index (χ0v) is 9.90. The van der Waals surface area contributed by atoms with Gasteiger partial charge in [0.1, 0.15) is 0 Å². The maximum Gasteiger partial charge on any atom is 0.246 e. The summed E-state index contributed by atoms with van der Waals surface area (Å²) in [6.45, 7) is 4.75. The minimum absolute atomic E-state index is 0.246. The summed E-state index contributed by atoms with van der Waals surface area (Å²) >= 11 is 0. The second-order valence-electron chi connectivity index (χ2n) is 4.63. The van der Waals surface area contributed by atoms with Gasteiger partial charge in [-0.15, -0.1) is 0 Å². The maximum atomic E-state index is 6.03. The number of hydrogen-bond donors (Lipinski definition) is 1. The molecule has 5 nitrogen and oxygen atoms in total. The van der Waals surface area contributed by atoms with Gasteiger partial charge < -0.3 is 15.0 Å². The highest BCUT2D eigenvalue weighted by Gasteiger charge is 2.27. The lowest BCUT2D eigenvalue weighted by Crippen LogP contribution is -2.32. The zero-order chi connectivity index (χ0) is 11.6. The van der Waals surface area contributed by atoms with Crippen LogP contribution in [-0.2, 0) is 16.7 Å². The van der Waals surface area contributed by atoms with Crippen LogP contribution in [0.5, 0.6) is 0 Å². The van der Waals surface area contributed by atoms with E-state index in [0.29, 0.717) is 11.7 Å². The Morgan fingerprint density at radius 3 is 3.00 bits per heavy atom. The zero-order valence-electron chi connectivity index (χ0n) is 9.90. The van der Waals surface area contributed by atoms with Crippen molar-refractivity contribution in [1.29, 1.82) is 0 Å². The average Bonchev–Trinajstić information content (AvgIpc) is 2.89. The third-order valence-corrected chi connectivity index (χ3v) is 3.13. The van der Waals surface area contributed by atoms with E-state index in [2.05, 4.69) is 10.1 Å². The smallest absolute Gasteiger partial charge is 0.246 e. The molecule has 0 radical (unpaired) electrons. The SMILES string of the molecule is CCC(C)(N)c1nc(CC2CCCO2)no1. The summed E-state index contributed by atoms with van der Waals surface area (Å²) in [5.41, 5.74) is 5.51. The van der Waals surface area contributed by atoms with E-state index in [9.17, 15) is 0 Å². The first-order valence-corrected chi connectivity index (χ1v) is 5.85. The number of nitrogens with two attached hydrogens (primary N) is 1. The molecule has 1 aromatic heterocycles. The highest BCUT2D eigenvalue weighted by atomic mass is 16.5. The van der Waals surface area contributed by atoms with E-state index >= 15 is 0 Å². The molecule has 1 aliphatic rings. The van der Waals surface area contributed by atoms with Crippen LogP contribution < -0.4 is 5.73 Å². The van der Waals surface area contributed by atoms with Crippen LogP contribution in [0.2, 0.25) is 0 Å². The lowest BCUT2D eigenvalue weighted by Gasteiger charge is -2.16. The molecule has 90 valence electrons. The Bertz CT molecular complexity index is 343. The summed E-state index contributed by atoms with van der Waals surface area (Å²) in [5.74, 6) is 1.22. The Morgan fingerprint density at radius 2 is 2.38 bits per heavy atom. The van der Waals surface area contributed by atoms with Gasteiger partial charge in [0.05, 0.1) is 11.6 Å². The molecule has 1 fully saturated rings. The van der Waals surface area contributed by atoms with E-state index in [1.807, 2.05) is 13.8 Å². The van der Waals surface area contributed by atoms with Crippen LogP contribution >= 0.6 is 0 Å². The van der Waals surface area contributed by atoms with Gasteiger partial charge in [0, 0.05) is 13.0 Å². The standard InChI is InChI=1S/C11H19N3O2/c1-3-11(2,12)10-13-9(14-16-10)7-8-5-4-6-15-8/h8H,3-7,12H2,1-2H3. The molecule has 2 atom stereocenters. The van der Waals surface area contributed by atoms with Crippen molar-refractivity contribution < 1.29 is 9.26 Å². The molecule has 0 spiro atoms. The Balaban J connectivity index is 2.01. The molecule has 16 heavy (non-hydrogen) atoms. The molecule has 1 saturated heterocycles. The Morgan fingerprint density at radius 1 is 1.56 bits per heavy atom. The molecule has 2 rings (SSSR count). The van der Waals surface area contributed by atoms with E-state index in [1.54, 1.807) is 0 Å². The Hall–Kier alpha value is -0.940. The second-order valence-corrected chi connectivity index (χ2v) is 4.63. The molecule has 2 unspecified atom stereocenters. The largest absolute Gasteiger partial charge is 0.378 e. The third-order valence-electron chi connectivity index (χ3n) is 3.13. The van der Waals surface area contributed by atoms with Crippen molar-refractivity contribution in [1.82, 2.24) is 10.1 Å². The average molecular weight is 225 g/mol. The lowest BCUT2D eigenvalue weighted by molar-refractivity contribution is 0.109. The quantitative estimate of drug-likeness (QED) is 0.837. The van der Waals surface area contributed by atoms with Gasteiger partial charge in [0.2, 0.25) is 5.89 Å². The second kappa shape index (κ2) is 4.51. The lowest BCUT2D eigenvalue weighted by atomic mass is 10.0. The van der Waals surface area contributed by atoms with Gasteiger partial charge in [0.25, 0.3) is 0 Å². The molecule has 5 heteroatoms. The minimum Gasteiger partial charge on any atom is -0.378 e. The van der Waals surface area contributed by atoms with Gasteiger partial charge in [0.15, 0.2) is 5.82 Å². The Kier molecular flexibility index (Phi) is 3.25. The van der Waals surface area contributed by atoms with Crippen LogP contribution in [0.25, 0.3) is 0 Å². The van der Waals surface area contributed by atoms with Crippen LogP contribution in [0.1, 0.15) is 44.8 Å². The molecule has 0 amide bonds. The third kappa shape index (κ3) is 2.41. The highest BCUT2D eigenvalue weighted by Crippen LogP contribution is 2.21. The number of aromatic nitrogens is 2. The van der Waals surface area contributed by atoms with Crippen LogP contribution in [0, 0.1) is 0 Å². The van der Waals surface area contributed by atoms with Gasteiger partial charge in [-0.25, -0.2) is 0 Å². The highest BCUT2D eigenvalue weighted by molar-refractivity contribution is 5.00.